The van der Waals surface area contributed by atoms with E-state index in [0.717, 1.165) is 15.8 Å². The Hall–Kier alpha value is -2.19. The molecule has 0 aliphatic rings. The summed E-state index contributed by atoms with van der Waals surface area (Å²) in [5.74, 6) is -1.16. The molecule has 2 aromatic rings. The van der Waals surface area contributed by atoms with Crippen molar-refractivity contribution in [2.45, 2.75) is 13.0 Å². The number of carbonyl (C=O) groups is 2. The van der Waals surface area contributed by atoms with Crippen molar-refractivity contribution >= 4 is 38.7 Å². The van der Waals surface area contributed by atoms with Gasteiger partial charge in [-0.05, 0) is 24.6 Å². The topological polar surface area (TPSA) is 101 Å². The molecule has 1 atom stereocenters. The molecule has 1 aromatic carbocycles. The molecule has 1 unspecified atom stereocenters. The van der Waals surface area contributed by atoms with Gasteiger partial charge in [-0.15, -0.1) is 0 Å². The molecule has 2 rings (SSSR count). The van der Waals surface area contributed by atoms with Gasteiger partial charge in [-0.3, -0.25) is 5.32 Å². The molecule has 2 amide bonds. The number of thiazole rings is 1. The number of nitrogens with one attached hydrogen (secondary N) is 2. The molecule has 21 heavy (non-hydrogen) atoms. The van der Waals surface area contributed by atoms with Crippen LogP contribution < -0.4 is 10.6 Å². The first kappa shape index (κ1) is 15.2. The monoisotopic (exact) mass is 309 g/mol. The summed E-state index contributed by atoms with van der Waals surface area (Å²) in [6.07, 6.45) is 0. The molecule has 1 aromatic heterocycles. The van der Waals surface area contributed by atoms with Crippen molar-refractivity contribution in [2.24, 2.45) is 0 Å². The van der Waals surface area contributed by atoms with Crippen molar-refractivity contribution in [3.63, 3.8) is 0 Å². The number of fused-ring (bicyclic) bond motifs is 1. The maximum absolute atomic E-state index is 11.8. The summed E-state index contributed by atoms with van der Waals surface area (Å²) in [6, 6.07) is 4.04. The summed E-state index contributed by atoms with van der Waals surface area (Å²) in [5.41, 5.74) is 1.89. The zero-order valence-corrected chi connectivity index (χ0v) is 12.4. The van der Waals surface area contributed by atoms with Crippen LogP contribution in [0.25, 0.3) is 10.2 Å². The van der Waals surface area contributed by atoms with E-state index >= 15 is 0 Å². The SMILES string of the molecule is COCC(NC(=O)Nc1nc2ccc(C)cc2s1)C(=O)O. The van der Waals surface area contributed by atoms with E-state index in [1.54, 1.807) is 0 Å². The molecular weight excluding hydrogens is 294 g/mol. The number of hydrogen-bond donors (Lipinski definition) is 3. The number of carboxylic acid groups (broad SMARTS) is 1. The Morgan fingerprint density at radius 1 is 1.48 bits per heavy atom. The lowest BCUT2D eigenvalue weighted by Gasteiger charge is -2.13. The number of benzene rings is 1. The highest BCUT2D eigenvalue weighted by molar-refractivity contribution is 7.22. The minimum absolute atomic E-state index is 0.109. The highest BCUT2D eigenvalue weighted by atomic mass is 32.1. The number of hydrogen-bond acceptors (Lipinski definition) is 5. The summed E-state index contributed by atoms with van der Waals surface area (Å²) >= 11 is 1.33. The number of aromatic nitrogens is 1. The smallest absolute Gasteiger partial charge is 0.328 e. The van der Waals surface area contributed by atoms with E-state index < -0.39 is 18.0 Å². The van der Waals surface area contributed by atoms with Crippen molar-refractivity contribution in [3.8, 4) is 0 Å². The zero-order chi connectivity index (χ0) is 15.4. The fourth-order valence-corrected chi connectivity index (χ4v) is 2.68. The van der Waals surface area contributed by atoms with Crippen molar-refractivity contribution in [3.05, 3.63) is 23.8 Å². The van der Waals surface area contributed by atoms with Crippen molar-refractivity contribution in [1.82, 2.24) is 10.3 Å². The molecule has 0 saturated carbocycles. The predicted molar refractivity (Wildman–Crippen MR) is 79.8 cm³/mol. The van der Waals surface area contributed by atoms with Gasteiger partial charge >= 0.3 is 12.0 Å². The number of nitrogens with zero attached hydrogens (tertiary/aromatic N) is 1. The largest absolute Gasteiger partial charge is 0.480 e. The number of carboxylic acids is 1. The fraction of sp³-hybridized carbons (Fsp3) is 0.308. The molecular formula is C13H15N3O4S. The zero-order valence-electron chi connectivity index (χ0n) is 11.5. The van der Waals surface area contributed by atoms with Crippen LogP contribution >= 0.6 is 11.3 Å². The summed E-state index contributed by atoms with van der Waals surface area (Å²) in [4.78, 5) is 27.0. The second-order valence-corrected chi connectivity index (χ2v) is 5.47. The van der Waals surface area contributed by atoms with Gasteiger partial charge < -0.3 is 15.2 Å². The van der Waals surface area contributed by atoms with E-state index in [9.17, 15) is 9.59 Å². The minimum atomic E-state index is -1.16. The molecule has 0 spiro atoms. The average Bonchev–Trinajstić information content (AvgIpc) is 2.79. The molecule has 7 nitrogen and oxygen atoms in total. The average molecular weight is 309 g/mol. The Bertz CT molecular complexity index is 670. The van der Waals surface area contributed by atoms with Crippen LogP contribution in [-0.4, -0.2) is 41.8 Å². The van der Waals surface area contributed by atoms with Crippen LogP contribution in [0.1, 0.15) is 5.56 Å². The third-order valence-corrected chi connectivity index (χ3v) is 3.63. The molecule has 112 valence electrons. The number of aliphatic carboxylic acids is 1. The summed E-state index contributed by atoms with van der Waals surface area (Å²) in [6.45, 7) is 1.86. The van der Waals surface area contributed by atoms with Crippen LogP contribution in [0.5, 0.6) is 0 Å². The number of rotatable bonds is 5. The van der Waals surface area contributed by atoms with Crippen LogP contribution in [0.15, 0.2) is 18.2 Å². The summed E-state index contributed by atoms with van der Waals surface area (Å²) < 4.78 is 5.70. The molecule has 0 aliphatic carbocycles. The molecule has 0 saturated heterocycles. The Morgan fingerprint density at radius 2 is 2.24 bits per heavy atom. The second-order valence-electron chi connectivity index (χ2n) is 4.43. The lowest BCUT2D eigenvalue weighted by atomic mass is 10.2. The van der Waals surface area contributed by atoms with E-state index in [1.807, 2.05) is 25.1 Å². The molecule has 3 N–H and O–H groups in total. The highest BCUT2D eigenvalue weighted by Crippen LogP contribution is 2.26. The quantitative estimate of drug-likeness (QED) is 0.782. The third kappa shape index (κ3) is 3.89. The third-order valence-electron chi connectivity index (χ3n) is 2.70. The molecule has 0 aliphatic heterocycles. The van der Waals surface area contributed by atoms with Gasteiger partial charge in [0, 0.05) is 7.11 Å². The van der Waals surface area contributed by atoms with Crippen LogP contribution in [0.2, 0.25) is 0 Å². The number of ether oxygens (including phenoxy) is 1. The molecule has 1 heterocycles. The maximum Gasteiger partial charge on any atom is 0.328 e. The number of urea groups is 1. The van der Waals surface area contributed by atoms with E-state index in [0.29, 0.717) is 5.13 Å². The second kappa shape index (κ2) is 6.51. The van der Waals surface area contributed by atoms with Gasteiger partial charge in [0.15, 0.2) is 11.2 Å². The molecule has 0 radical (unpaired) electrons. The number of anilines is 1. The molecule has 0 bridgehead atoms. The number of amides is 2. The normalized spacial score (nSPS) is 12.1. The number of carbonyl (C=O) groups excluding carboxylic acids is 1. The van der Waals surface area contributed by atoms with Crippen molar-refractivity contribution in [2.75, 3.05) is 19.0 Å². The van der Waals surface area contributed by atoms with Crippen molar-refractivity contribution in [1.29, 1.82) is 0 Å². The maximum atomic E-state index is 11.8. The van der Waals surface area contributed by atoms with Gasteiger partial charge in [-0.25, -0.2) is 14.6 Å². The van der Waals surface area contributed by atoms with Crippen LogP contribution in [0.4, 0.5) is 9.93 Å². The van der Waals surface area contributed by atoms with E-state index in [2.05, 4.69) is 15.6 Å². The fourth-order valence-electron chi connectivity index (χ4n) is 1.72. The summed E-state index contributed by atoms with van der Waals surface area (Å²) in [5, 5.41) is 14.2. The summed E-state index contributed by atoms with van der Waals surface area (Å²) in [7, 11) is 1.37. The van der Waals surface area contributed by atoms with E-state index in [4.69, 9.17) is 9.84 Å². The molecule has 0 fully saturated rings. The minimum Gasteiger partial charge on any atom is -0.480 e. The van der Waals surface area contributed by atoms with Crippen molar-refractivity contribution < 1.29 is 19.4 Å². The first-order valence-corrected chi connectivity index (χ1v) is 6.97. The van der Waals surface area contributed by atoms with Gasteiger partial charge in [-0.2, -0.15) is 0 Å². The lowest BCUT2D eigenvalue weighted by molar-refractivity contribution is -0.140. The molecule has 8 heteroatoms. The number of methoxy groups -OCH3 is 1. The van der Waals surface area contributed by atoms with Gasteiger partial charge in [0.2, 0.25) is 0 Å². The van der Waals surface area contributed by atoms with Gasteiger partial charge in [0.1, 0.15) is 0 Å². The van der Waals surface area contributed by atoms with E-state index in [1.165, 1.54) is 18.4 Å². The predicted octanol–water partition coefficient (Wildman–Crippen LogP) is 1.83. The first-order chi connectivity index (χ1) is 9.99. The van der Waals surface area contributed by atoms with E-state index in [-0.39, 0.29) is 6.61 Å². The Kier molecular flexibility index (Phi) is 4.71. The lowest BCUT2D eigenvalue weighted by Crippen LogP contribution is -2.45. The standard InChI is InChI=1S/C13H15N3O4S/c1-7-3-4-8-10(5-7)21-13(15-8)16-12(19)14-9(6-20-2)11(17)18/h3-5,9H,6H2,1-2H3,(H,17,18)(H2,14,15,16,19). The highest BCUT2D eigenvalue weighted by Gasteiger charge is 2.20. The van der Waals surface area contributed by atoms with Gasteiger partial charge in [0.25, 0.3) is 0 Å². The van der Waals surface area contributed by atoms with Gasteiger partial charge in [0.05, 0.1) is 16.8 Å². The Balaban J connectivity index is 2.05. The Morgan fingerprint density at radius 3 is 2.90 bits per heavy atom. The Labute approximate surface area is 124 Å². The number of aryl methyl sites for hydroxylation is 1. The van der Waals surface area contributed by atoms with Crippen LogP contribution in [0.3, 0.4) is 0 Å². The van der Waals surface area contributed by atoms with Crippen LogP contribution in [-0.2, 0) is 9.53 Å². The van der Waals surface area contributed by atoms with Gasteiger partial charge in [-0.1, -0.05) is 17.4 Å². The van der Waals surface area contributed by atoms with Crippen LogP contribution in [0, 0.1) is 6.92 Å². The first-order valence-electron chi connectivity index (χ1n) is 6.16.